The number of aromatic nitrogens is 2. The van der Waals surface area contributed by atoms with Gasteiger partial charge in [-0.3, -0.25) is 9.59 Å². The zero-order valence-corrected chi connectivity index (χ0v) is 16.0. The van der Waals surface area contributed by atoms with Crippen molar-refractivity contribution in [3.63, 3.8) is 0 Å². The summed E-state index contributed by atoms with van der Waals surface area (Å²) in [5.41, 5.74) is 1.10. The van der Waals surface area contributed by atoms with E-state index in [1.54, 1.807) is 10.7 Å². The second-order valence-corrected chi connectivity index (χ2v) is 8.08. The van der Waals surface area contributed by atoms with E-state index in [4.69, 9.17) is 4.74 Å². The molecule has 7 heteroatoms. The maximum Gasteiger partial charge on any atom is 0.266 e. The number of hydrogen-bond donors (Lipinski definition) is 0. The van der Waals surface area contributed by atoms with E-state index in [1.807, 2.05) is 11.0 Å². The van der Waals surface area contributed by atoms with Crippen LogP contribution in [0.2, 0.25) is 0 Å². The lowest BCUT2D eigenvalue weighted by molar-refractivity contribution is -0.130. The first-order valence-corrected chi connectivity index (χ1v) is 10.3. The number of piperidine rings is 1. The largest absolute Gasteiger partial charge is 0.379 e. The molecule has 0 spiro atoms. The van der Waals surface area contributed by atoms with Crippen LogP contribution in [0.15, 0.2) is 16.9 Å². The van der Waals surface area contributed by atoms with Gasteiger partial charge >= 0.3 is 0 Å². The fourth-order valence-corrected chi connectivity index (χ4v) is 4.05. The molecule has 4 rings (SSSR count). The van der Waals surface area contributed by atoms with Gasteiger partial charge < -0.3 is 14.5 Å². The zero-order valence-electron chi connectivity index (χ0n) is 16.0. The van der Waals surface area contributed by atoms with Crippen LogP contribution in [0.3, 0.4) is 0 Å². The van der Waals surface area contributed by atoms with E-state index in [9.17, 15) is 9.59 Å². The van der Waals surface area contributed by atoms with Gasteiger partial charge in [-0.05, 0) is 50.8 Å². The fourth-order valence-electron chi connectivity index (χ4n) is 4.05. The van der Waals surface area contributed by atoms with Gasteiger partial charge in [0.05, 0.1) is 25.3 Å². The molecule has 0 bridgehead atoms. The number of rotatable bonds is 6. The minimum Gasteiger partial charge on any atom is -0.379 e. The molecule has 1 aliphatic carbocycles. The monoisotopic (exact) mass is 374 g/mol. The second-order valence-electron chi connectivity index (χ2n) is 8.08. The molecule has 3 fully saturated rings. The Morgan fingerprint density at radius 1 is 1.00 bits per heavy atom. The highest BCUT2D eigenvalue weighted by Gasteiger charge is 2.26. The highest BCUT2D eigenvalue weighted by atomic mass is 16.5. The minimum atomic E-state index is 0.0173. The SMILES string of the molecule is O=C1CCOCCN1CCN1CCC(Cn2nc(C3CC3)ccc2=O)CC1. The molecule has 7 nitrogen and oxygen atoms in total. The molecule has 148 valence electrons. The zero-order chi connectivity index (χ0) is 18.6. The van der Waals surface area contributed by atoms with E-state index in [0.717, 1.165) is 51.3 Å². The summed E-state index contributed by atoms with van der Waals surface area (Å²) in [5, 5.41) is 4.60. The van der Waals surface area contributed by atoms with Crippen LogP contribution >= 0.6 is 0 Å². The van der Waals surface area contributed by atoms with Crippen LogP contribution in [0.5, 0.6) is 0 Å². The van der Waals surface area contributed by atoms with Crippen LogP contribution in [0.25, 0.3) is 0 Å². The van der Waals surface area contributed by atoms with Crippen molar-refractivity contribution in [2.24, 2.45) is 5.92 Å². The van der Waals surface area contributed by atoms with Crippen LogP contribution < -0.4 is 5.56 Å². The molecule has 1 aromatic rings. The van der Waals surface area contributed by atoms with Crippen molar-refractivity contribution in [2.75, 3.05) is 45.9 Å². The van der Waals surface area contributed by atoms with Crippen molar-refractivity contribution in [1.82, 2.24) is 19.6 Å². The van der Waals surface area contributed by atoms with E-state index in [1.165, 1.54) is 12.8 Å². The van der Waals surface area contributed by atoms with Gasteiger partial charge in [0.15, 0.2) is 0 Å². The number of hydrogen-bond acceptors (Lipinski definition) is 5. The molecule has 3 aliphatic rings. The van der Waals surface area contributed by atoms with Crippen LogP contribution in [-0.4, -0.2) is 71.4 Å². The van der Waals surface area contributed by atoms with E-state index in [2.05, 4.69) is 10.00 Å². The predicted octanol–water partition coefficient (Wildman–Crippen LogP) is 1.08. The van der Waals surface area contributed by atoms with Crippen LogP contribution in [0, 0.1) is 5.92 Å². The standard InChI is InChI=1S/C20H30N4O3/c25-19-7-13-27-14-12-23(19)11-10-22-8-5-16(6-9-22)15-24-20(26)4-3-18(21-24)17-1-2-17/h3-4,16-17H,1-2,5-15H2. The molecule has 2 saturated heterocycles. The maximum absolute atomic E-state index is 12.1. The van der Waals surface area contributed by atoms with Gasteiger partial charge in [-0.2, -0.15) is 5.10 Å². The molecule has 2 aliphatic heterocycles. The average molecular weight is 374 g/mol. The third-order valence-electron chi connectivity index (χ3n) is 6.03. The smallest absolute Gasteiger partial charge is 0.266 e. The molecule has 0 aromatic carbocycles. The minimum absolute atomic E-state index is 0.0173. The van der Waals surface area contributed by atoms with E-state index in [0.29, 0.717) is 38.0 Å². The highest BCUT2D eigenvalue weighted by Crippen LogP contribution is 2.38. The average Bonchev–Trinajstić information content (AvgIpc) is 3.52. The van der Waals surface area contributed by atoms with Crippen molar-refractivity contribution in [2.45, 2.75) is 44.6 Å². The summed E-state index contributed by atoms with van der Waals surface area (Å²) in [6.45, 7) is 6.41. The molecular formula is C20H30N4O3. The molecule has 27 heavy (non-hydrogen) atoms. The topological polar surface area (TPSA) is 67.7 Å². The Labute approximate surface area is 160 Å². The number of ether oxygens (including phenoxy) is 1. The molecule has 0 radical (unpaired) electrons. The van der Waals surface area contributed by atoms with Crippen molar-refractivity contribution in [3.05, 3.63) is 28.2 Å². The normalized spacial score (nSPS) is 22.8. The van der Waals surface area contributed by atoms with E-state index < -0.39 is 0 Å². The maximum atomic E-state index is 12.1. The quantitative estimate of drug-likeness (QED) is 0.745. The van der Waals surface area contributed by atoms with Gasteiger partial charge in [0.25, 0.3) is 5.56 Å². The fraction of sp³-hybridized carbons (Fsp3) is 0.750. The Morgan fingerprint density at radius 2 is 1.81 bits per heavy atom. The second kappa shape index (κ2) is 8.52. The summed E-state index contributed by atoms with van der Waals surface area (Å²) >= 11 is 0. The number of carbonyl (C=O) groups is 1. The molecule has 3 heterocycles. The highest BCUT2D eigenvalue weighted by molar-refractivity contribution is 5.76. The van der Waals surface area contributed by atoms with Gasteiger partial charge in [-0.1, -0.05) is 0 Å². The Bertz CT molecular complexity index is 707. The van der Waals surface area contributed by atoms with Gasteiger partial charge in [-0.25, -0.2) is 4.68 Å². The number of carbonyl (C=O) groups excluding carboxylic acids is 1. The number of nitrogens with zero attached hydrogens (tertiary/aromatic N) is 4. The third kappa shape index (κ3) is 4.96. The first-order chi connectivity index (χ1) is 13.2. The summed E-state index contributed by atoms with van der Waals surface area (Å²) in [6.07, 6.45) is 5.08. The van der Waals surface area contributed by atoms with Crippen molar-refractivity contribution in [3.8, 4) is 0 Å². The lowest BCUT2D eigenvalue weighted by Crippen LogP contribution is -2.43. The number of amides is 1. The van der Waals surface area contributed by atoms with E-state index in [-0.39, 0.29) is 11.5 Å². The van der Waals surface area contributed by atoms with Crippen molar-refractivity contribution in [1.29, 1.82) is 0 Å². The summed E-state index contributed by atoms with van der Waals surface area (Å²) in [7, 11) is 0. The molecule has 0 atom stereocenters. The third-order valence-corrected chi connectivity index (χ3v) is 6.03. The Balaban J connectivity index is 1.24. The lowest BCUT2D eigenvalue weighted by Gasteiger charge is -2.33. The van der Waals surface area contributed by atoms with Gasteiger partial charge in [0.1, 0.15) is 0 Å². The first-order valence-electron chi connectivity index (χ1n) is 10.3. The Hall–Kier alpha value is -1.73. The summed E-state index contributed by atoms with van der Waals surface area (Å²) in [6, 6.07) is 3.58. The van der Waals surface area contributed by atoms with Gasteiger partial charge in [-0.15, -0.1) is 0 Å². The summed E-state index contributed by atoms with van der Waals surface area (Å²) in [5.74, 6) is 1.29. The van der Waals surface area contributed by atoms with Crippen molar-refractivity contribution >= 4 is 5.91 Å². The Kier molecular flexibility index (Phi) is 5.88. The molecule has 1 amide bonds. The summed E-state index contributed by atoms with van der Waals surface area (Å²) in [4.78, 5) is 28.5. The molecule has 0 N–H and O–H groups in total. The van der Waals surface area contributed by atoms with Crippen molar-refractivity contribution < 1.29 is 9.53 Å². The molecular weight excluding hydrogens is 344 g/mol. The van der Waals surface area contributed by atoms with Gasteiger partial charge in [0.2, 0.25) is 5.91 Å². The first kappa shape index (κ1) is 18.6. The Morgan fingerprint density at radius 3 is 2.59 bits per heavy atom. The van der Waals surface area contributed by atoms with Crippen LogP contribution in [0.4, 0.5) is 0 Å². The summed E-state index contributed by atoms with van der Waals surface area (Å²) < 4.78 is 7.07. The number of likely N-dealkylation sites (tertiary alicyclic amines) is 1. The van der Waals surface area contributed by atoms with Gasteiger partial charge in [0, 0.05) is 38.2 Å². The molecule has 1 saturated carbocycles. The predicted molar refractivity (Wildman–Crippen MR) is 102 cm³/mol. The van der Waals surface area contributed by atoms with Crippen LogP contribution in [-0.2, 0) is 16.1 Å². The van der Waals surface area contributed by atoms with E-state index >= 15 is 0 Å². The van der Waals surface area contributed by atoms with Crippen LogP contribution in [0.1, 0.15) is 43.7 Å². The molecule has 0 unspecified atom stereocenters. The lowest BCUT2D eigenvalue weighted by atomic mass is 9.97. The molecule has 1 aromatic heterocycles.